The average Bonchev–Trinajstić information content (AvgIpc) is 3.04. The number of hydrogen-bond acceptors (Lipinski definition) is 5. The van der Waals surface area contributed by atoms with Gasteiger partial charge in [-0.2, -0.15) is 5.10 Å². The van der Waals surface area contributed by atoms with Gasteiger partial charge in [0, 0.05) is 25.4 Å². The quantitative estimate of drug-likeness (QED) is 0.788. The number of aromatic nitrogens is 2. The molecule has 0 atom stereocenters. The van der Waals surface area contributed by atoms with Crippen LogP contribution in [0.1, 0.15) is 23.9 Å². The van der Waals surface area contributed by atoms with Crippen LogP contribution >= 0.6 is 0 Å². The summed E-state index contributed by atoms with van der Waals surface area (Å²) < 4.78 is 33.9. The molecular weight excluding hydrogens is 292 g/mol. The molecule has 8 heteroatoms. The van der Waals surface area contributed by atoms with E-state index in [1.54, 1.807) is 17.8 Å². The van der Waals surface area contributed by atoms with Crippen LogP contribution in [0.5, 0.6) is 0 Å². The van der Waals surface area contributed by atoms with E-state index in [0.29, 0.717) is 12.3 Å². The number of rotatable bonds is 7. The fourth-order valence-electron chi connectivity index (χ4n) is 2.04. The SMILES string of the molecule is CCc1nn(C)cc1CNS(=O)(=O)c1ccc(CNC)o1. The minimum atomic E-state index is -3.65. The van der Waals surface area contributed by atoms with Gasteiger partial charge in [0.1, 0.15) is 5.76 Å². The Bertz CT molecular complexity index is 703. The minimum absolute atomic E-state index is 0.0744. The van der Waals surface area contributed by atoms with Crippen LogP contribution in [0.4, 0.5) is 0 Å². The molecule has 2 rings (SSSR count). The highest BCUT2D eigenvalue weighted by molar-refractivity contribution is 7.89. The minimum Gasteiger partial charge on any atom is -0.447 e. The van der Waals surface area contributed by atoms with Crippen LogP contribution in [-0.2, 0) is 36.6 Å². The van der Waals surface area contributed by atoms with Crippen molar-refractivity contribution >= 4 is 10.0 Å². The summed E-state index contributed by atoms with van der Waals surface area (Å²) in [5.74, 6) is 0.577. The summed E-state index contributed by atoms with van der Waals surface area (Å²) in [7, 11) is -0.0725. The summed E-state index contributed by atoms with van der Waals surface area (Å²) >= 11 is 0. The van der Waals surface area contributed by atoms with Crippen molar-refractivity contribution in [2.75, 3.05) is 7.05 Å². The van der Waals surface area contributed by atoms with Gasteiger partial charge in [0.25, 0.3) is 10.0 Å². The second-order valence-corrected chi connectivity index (χ2v) is 6.40. The van der Waals surface area contributed by atoms with Gasteiger partial charge in [-0.1, -0.05) is 6.92 Å². The van der Waals surface area contributed by atoms with Gasteiger partial charge in [-0.05, 0) is 25.6 Å². The molecule has 116 valence electrons. The number of furan rings is 1. The Morgan fingerprint density at radius 3 is 2.76 bits per heavy atom. The van der Waals surface area contributed by atoms with E-state index in [1.807, 2.05) is 20.2 Å². The van der Waals surface area contributed by atoms with Crippen LogP contribution in [-0.4, -0.2) is 25.2 Å². The first kappa shape index (κ1) is 15.7. The third kappa shape index (κ3) is 3.72. The third-order valence-electron chi connectivity index (χ3n) is 3.03. The standard InChI is InChI=1S/C13H20N4O3S/c1-4-12-10(9-17(3)16-12)7-15-21(18,19)13-6-5-11(20-13)8-14-2/h5-6,9,14-15H,4,7-8H2,1-3H3. The molecule has 0 aliphatic heterocycles. The highest BCUT2D eigenvalue weighted by Gasteiger charge is 2.19. The Morgan fingerprint density at radius 1 is 1.33 bits per heavy atom. The topological polar surface area (TPSA) is 89.2 Å². The molecule has 0 fully saturated rings. The molecule has 0 unspecified atom stereocenters. The van der Waals surface area contributed by atoms with Crippen molar-refractivity contribution in [2.24, 2.45) is 7.05 Å². The maximum atomic E-state index is 12.2. The van der Waals surface area contributed by atoms with Gasteiger partial charge in [-0.25, -0.2) is 13.1 Å². The Labute approximate surface area is 124 Å². The zero-order valence-corrected chi connectivity index (χ0v) is 13.2. The Balaban J connectivity index is 2.09. The molecule has 2 heterocycles. The summed E-state index contributed by atoms with van der Waals surface area (Å²) in [5.41, 5.74) is 1.75. The zero-order valence-electron chi connectivity index (χ0n) is 12.4. The van der Waals surface area contributed by atoms with Crippen LogP contribution in [0.25, 0.3) is 0 Å². The van der Waals surface area contributed by atoms with E-state index < -0.39 is 10.0 Å². The van der Waals surface area contributed by atoms with E-state index in [9.17, 15) is 8.42 Å². The van der Waals surface area contributed by atoms with Crippen molar-refractivity contribution in [1.29, 1.82) is 0 Å². The number of aryl methyl sites for hydroxylation is 2. The fourth-order valence-corrected chi connectivity index (χ4v) is 3.00. The average molecular weight is 312 g/mol. The number of hydrogen-bond donors (Lipinski definition) is 2. The lowest BCUT2D eigenvalue weighted by atomic mass is 10.2. The van der Waals surface area contributed by atoms with Gasteiger partial charge >= 0.3 is 0 Å². The lowest BCUT2D eigenvalue weighted by Crippen LogP contribution is -2.23. The lowest BCUT2D eigenvalue weighted by molar-refractivity contribution is 0.404. The monoisotopic (exact) mass is 312 g/mol. The van der Waals surface area contributed by atoms with Crippen LogP contribution in [0.15, 0.2) is 27.8 Å². The van der Waals surface area contributed by atoms with Crippen molar-refractivity contribution < 1.29 is 12.8 Å². The van der Waals surface area contributed by atoms with Gasteiger partial charge in [-0.3, -0.25) is 4.68 Å². The summed E-state index contributed by atoms with van der Waals surface area (Å²) in [6.45, 7) is 2.66. The van der Waals surface area contributed by atoms with E-state index in [-0.39, 0.29) is 11.6 Å². The Hall–Kier alpha value is -1.64. The lowest BCUT2D eigenvalue weighted by Gasteiger charge is -2.04. The summed E-state index contributed by atoms with van der Waals surface area (Å²) in [4.78, 5) is 0. The highest BCUT2D eigenvalue weighted by atomic mass is 32.2. The Kier molecular flexibility index (Phi) is 4.81. The first-order valence-corrected chi connectivity index (χ1v) is 8.19. The predicted octanol–water partition coefficient (Wildman–Crippen LogP) is 0.773. The molecule has 0 bridgehead atoms. The fraction of sp³-hybridized carbons (Fsp3) is 0.462. The molecule has 0 saturated heterocycles. The zero-order chi connectivity index (χ0) is 15.5. The number of nitrogens with zero attached hydrogens (tertiary/aromatic N) is 2. The van der Waals surface area contributed by atoms with Crippen LogP contribution in [0, 0.1) is 0 Å². The van der Waals surface area contributed by atoms with Crippen LogP contribution in [0.2, 0.25) is 0 Å². The number of sulfonamides is 1. The summed E-state index contributed by atoms with van der Waals surface area (Å²) in [6, 6.07) is 3.10. The van der Waals surface area contributed by atoms with Gasteiger partial charge in [0.05, 0.1) is 12.2 Å². The van der Waals surface area contributed by atoms with E-state index >= 15 is 0 Å². The van der Waals surface area contributed by atoms with Gasteiger partial charge < -0.3 is 9.73 Å². The van der Waals surface area contributed by atoms with Crippen molar-refractivity contribution in [2.45, 2.75) is 31.5 Å². The highest BCUT2D eigenvalue weighted by Crippen LogP contribution is 2.15. The summed E-state index contributed by atoms with van der Waals surface area (Å²) in [5, 5.41) is 7.11. The van der Waals surface area contributed by atoms with Crippen molar-refractivity contribution in [3.05, 3.63) is 35.3 Å². The number of nitrogens with one attached hydrogen (secondary N) is 2. The third-order valence-corrected chi connectivity index (χ3v) is 4.31. The van der Waals surface area contributed by atoms with Crippen LogP contribution < -0.4 is 10.0 Å². The second-order valence-electron chi connectivity index (χ2n) is 4.70. The largest absolute Gasteiger partial charge is 0.447 e. The van der Waals surface area contributed by atoms with E-state index in [0.717, 1.165) is 17.7 Å². The molecule has 0 aromatic carbocycles. The molecule has 0 radical (unpaired) electrons. The molecule has 2 aromatic rings. The Morgan fingerprint density at radius 2 is 2.10 bits per heavy atom. The second kappa shape index (κ2) is 6.42. The molecular formula is C13H20N4O3S. The van der Waals surface area contributed by atoms with Crippen LogP contribution in [0.3, 0.4) is 0 Å². The van der Waals surface area contributed by atoms with Crippen molar-refractivity contribution in [3.8, 4) is 0 Å². The predicted molar refractivity (Wildman–Crippen MR) is 78.1 cm³/mol. The first-order valence-electron chi connectivity index (χ1n) is 6.70. The molecule has 0 aliphatic carbocycles. The van der Waals surface area contributed by atoms with Gasteiger partial charge in [0.2, 0.25) is 5.09 Å². The first-order chi connectivity index (χ1) is 9.96. The normalized spacial score (nSPS) is 12.0. The molecule has 2 N–H and O–H groups in total. The molecule has 21 heavy (non-hydrogen) atoms. The smallest absolute Gasteiger partial charge is 0.274 e. The molecule has 0 aliphatic rings. The van der Waals surface area contributed by atoms with E-state index in [2.05, 4.69) is 15.1 Å². The molecule has 2 aromatic heterocycles. The van der Waals surface area contributed by atoms with Crippen molar-refractivity contribution in [3.63, 3.8) is 0 Å². The maximum Gasteiger partial charge on any atom is 0.274 e. The van der Waals surface area contributed by atoms with E-state index in [1.165, 1.54) is 6.07 Å². The molecule has 0 amide bonds. The van der Waals surface area contributed by atoms with E-state index in [4.69, 9.17) is 4.42 Å². The molecule has 0 spiro atoms. The molecule has 7 nitrogen and oxygen atoms in total. The summed E-state index contributed by atoms with van der Waals surface area (Å²) in [6.07, 6.45) is 2.57. The van der Waals surface area contributed by atoms with Gasteiger partial charge in [0.15, 0.2) is 0 Å². The maximum absolute atomic E-state index is 12.2. The molecule has 0 saturated carbocycles. The van der Waals surface area contributed by atoms with Crippen molar-refractivity contribution in [1.82, 2.24) is 19.8 Å². The van der Waals surface area contributed by atoms with Gasteiger partial charge in [-0.15, -0.1) is 0 Å².